The Morgan fingerprint density at radius 1 is 0.868 bits per heavy atom. The predicted octanol–water partition coefficient (Wildman–Crippen LogP) is 6.96. The van der Waals surface area contributed by atoms with Gasteiger partial charge in [-0.15, -0.1) is 0 Å². The minimum absolute atomic E-state index is 0.0729. The Morgan fingerprint density at radius 2 is 1.55 bits per heavy atom. The second kappa shape index (κ2) is 9.71. The van der Waals surface area contributed by atoms with Crippen molar-refractivity contribution in [2.45, 2.75) is 40.0 Å². The fourth-order valence-electron chi connectivity index (χ4n) is 4.84. The highest BCUT2D eigenvalue weighted by Gasteiger charge is 2.23. The van der Waals surface area contributed by atoms with Gasteiger partial charge in [0.05, 0.1) is 16.6 Å². The number of fused-ring (bicyclic) bond motifs is 2. The average molecular weight is 507 g/mol. The average Bonchev–Trinajstić information content (AvgIpc) is 2.92. The van der Waals surface area contributed by atoms with Gasteiger partial charge in [0.2, 0.25) is 5.75 Å². The predicted molar refractivity (Wildman–Crippen MR) is 150 cm³/mol. The van der Waals surface area contributed by atoms with Crippen molar-refractivity contribution < 1.29 is 20.1 Å². The van der Waals surface area contributed by atoms with Gasteiger partial charge in [-0.1, -0.05) is 61.9 Å². The van der Waals surface area contributed by atoms with Gasteiger partial charge < -0.3 is 15.3 Å². The molecule has 1 atom stereocenters. The summed E-state index contributed by atoms with van der Waals surface area (Å²) in [5.74, 6) is -1.89. The summed E-state index contributed by atoms with van der Waals surface area (Å²) < 4.78 is 1.40. The molecule has 1 unspecified atom stereocenters. The molecule has 0 saturated heterocycles. The van der Waals surface area contributed by atoms with Crippen LogP contribution < -0.4 is 5.36 Å². The number of phenols is 3. The molecule has 0 aliphatic heterocycles. The maximum absolute atomic E-state index is 14.0. The van der Waals surface area contributed by atoms with Crippen LogP contribution in [0.2, 0.25) is 0 Å². The third-order valence-corrected chi connectivity index (χ3v) is 7.17. The van der Waals surface area contributed by atoms with Crippen molar-refractivity contribution in [3.63, 3.8) is 0 Å². The van der Waals surface area contributed by atoms with Crippen LogP contribution in [0.1, 0.15) is 53.2 Å². The largest absolute Gasteiger partial charge is 0.504 e. The molecular formula is C32H30N2O4. The SMILES string of the molecule is CCC(C)c1ccccc1N=c1c2ccc(C)cc2n(C(=O)c2ccc(C)cc2)c2c(O)c(O)c(O)cc12. The van der Waals surface area contributed by atoms with Crippen molar-refractivity contribution in [3.8, 4) is 17.2 Å². The Kier molecular flexibility index (Phi) is 6.41. The number of hydrogen-bond acceptors (Lipinski definition) is 5. The van der Waals surface area contributed by atoms with Crippen LogP contribution in [-0.4, -0.2) is 25.8 Å². The van der Waals surface area contributed by atoms with Crippen LogP contribution in [0.25, 0.3) is 21.8 Å². The highest BCUT2D eigenvalue weighted by atomic mass is 16.3. The molecule has 3 N–H and O–H groups in total. The summed E-state index contributed by atoms with van der Waals surface area (Å²) in [7, 11) is 0. The van der Waals surface area contributed by atoms with E-state index in [-0.39, 0.29) is 17.3 Å². The molecule has 0 radical (unpaired) electrons. The molecule has 192 valence electrons. The minimum Gasteiger partial charge on any atom is -0.504 e. The van der Waals surface area contributed by atoms with Crippen molar-refractivity contribution in [3.05, 3.63) is 100 Å². The summed E-state index contributed by atoms with van der Waals surface area (Å²) >= 11 is 0. The van der Waals surface area contributed by atoms with Crippen LogP contribution in [-0.2, 0) is 0 Å². The number of phenolic OH excluding ortho intramolecular Hbond substituents is 3. The van der Waals surface area contributed by atoms with E-state index in [1.54, 1.807) is 12.1 Å². The minimum atomic E-state index is -0.694. The molecule has 4 aromatic carbocycles. The maximum atomic E-state index is 14.0. The van der Waals surface area contributed by atoms with Gasteiger partial charge in [-0.25, -0.2) is 4.99 Å². The maximum Gasteiger partial charge on any atom is 0.263 e. The first-order chi connectivity index (χ1) is 18.2. The number of aromatic nitrogens is 1. The van der Waals surface area contributed by atoms with E-state index in [2.05, 4.69) is 13.8 Å². The molecule has 6 heteroatoms. The smallest absolute Gasteiger partial charge is 0.263 e. The third kappa shape index (κ3) is 4.18. The highest BCUT2D eigenvalue weighted by molar-refractivity contribution is 6.10. The van der Waals surface area contributed by atoms with Gasteiger partial charge in [0.1, 0.15) is 5.52 Å². The van der Waals surface area contributed by atoms with Crippen molar-refractivity contribution in [1.82, 2.24) is 4.57 Å². The molecule has 0 fully saturated rings. The zero-order valence-corrected chi connectivity index (χ0v) is 21.9. The number of rotatable bonds is 4. The van der Waals surface area contributed by atoms with E-state index in [0.717, 1.165) is 28.8 Å². The van der Waals surface area contributed by atoms with Crippen LogP contribution in [0.4, 0.5) is 5.69 Å². The number of nitrogens with zero attached hydrogens (tertiary/aromatic N) is 2. The van der Waals surface area contributed by atoms with Gasteiger partial charge in [-0.2, -0.15) is 0 Å². The Hall–Kier alpha value is -4.58. The number of aryl methyl sites for hydroxylation is 2. The first kappa shape index (κ1) is 25.1. The van der Waals surface area contributed by atoms with E-state index in [1.807, 2.05) is 68.4 Å². The van der Waals surface area contributed by atoms with Crippen LogP contribution in [0.3, 0.4) is 0 Å². The molecule has 1 aromatic heterocycles. The molecule has 0 aliphatic rings. The summed E-state index contributed by atoms with van der Waals surface area (Å²) in [5, 5.41) is 33.7. The number of pyridine rings is 1. The number of para-hydroxylation sites is 1. The van der Waals surface area contributed by atoms with Gasteiger partial charge >= 0.3 is 0 Å². The lowest BCUT2D eigenvalue weighted by Gasteiger charge is -2.18. The molecule has 6 nitrogen and oxygen atoms in total. The van der Waals surface area contributed by atoms with E-state index in [4.69, 9.17) is 4.99 Å². The summed E-state index contributed by atoms with van der Waals surface area (Å²) in [4.78, 5) is 19.0. The van der Waals surface area contributed by atoms with Crippen LogP contribution in [0.5, 0.6) is 17.2 Å². The second-order valence-corrected chi connectivity index (χ2v) is 9.84. The van der Waals surface area contributed by atoms with Crippen molar-refractivity contribution in [1.29, 1.82) is 0 Å². The quantitative estimate of drug-likeness (QED) is 0.181. The lowest BCUT2D eigenvalue weighted by atomic mass is 9.97. The second-order valence-electron chi connectivity index (χ2n) is 9.84. The third-order valence-electron chi connectivity index (χ3n) is 7.17. The summed E-state index contributed by atoms with van der Waals surface area (Å²) in [5.41, 5.74) is 4.78. The summed E-state index contributed by atoms with van der Waals surface area (Å²) in [6.45, 7) is 8.13. The topological polar surface area (TPSA) is 95.1 Å². The van der Waals surface area contributed by atoms with Crippen LogP contribution in [0, 0.1) is 13.8 Å². The number of benzene rings is 4. The Morgan fingerprint density at radius 3 is 2.26 bits per heavy atom. The normalized spacial score (nSPS) is 12.8. The molecule has 0 saturated carbocycles. The van der Waals surface area contributed by atoms with E-state index in [0.29, 0.717) is 27.2 Å². The van der Waals surface area contributed by atoms with Gasteiger partial charge in [-0.05, 0) is 67.6 Å². The summed E-state index contributed by atoms with van der Waals surface area (Å²) in [6.07, 6.45) is 0.933. The zero-order chi connectivity index (χ0) is 27.1. The fourth-order valence-corrected chi connectivity index (χ4v) is 4.84. The molecule has 0 aliphatic carbocycles. The first-order valence-corrected chi connectivity index (χ1v) is 12.7. The first-order valence-electron chi connectivity index (χ1n) is 12.7. The van der Waals surface area contributed by atoms with Gasteiger partial charge in [-0.3, -0.25) is 9.36 Å². The molecule has 5 aromatic rings. The van der Waals surface area contributed by atoms with Crippen molar-refractivity contribution in [2.24, 2.45) is 4.99 Å². The van der Waals surface area contributed by atoms with Crippen molar-refractivity contribution >= 4 is 33.4 Å². The van der Waals surface area contributed by atoms with Gasteiger partial charge in [0, 0.05) is 16.3 Å². The number of hydrogen-bond donors (Lipinski definition) is 3. The molecular weight excluding hydrogens is 476 g/mol. The lowest BCUT2D eigenvalue weighted by molar-refractivity contribution is 0.0968. The molecule has 1 heterocycles. The standard InChI is InChI=1S/C32H30N2O4/c1-5-20(4)22-8-6-7-9-25(22)33-28-23-15-12-19(3)16-26(23)34(32(38)21-13-10-18(2)11-14-21)29-24(28)17-27(35)30(36)31(29)37/h6-17,20,35-37H,5H2,1-4H3. The van der Waals surface area contributed by atoms with Crippen molar-refractivity contribution in [2.75, 3.05) is 0 Å². The highest BCUT2D eigenvalue weighted by Crippen LogP contribution is 2.42. The number of aromatic hydroxyl groups is 3. The van der Waals surface area contributed by atoms with Crippen LogP contribution in [0.15, 0.2) is 77.8 Å². The Balaban J connectivity index is 1.99. The van der Waals surface area contributed by atoms with Gasteiger partial charge in [0.15, 0.2) is 11.5 Å². The molecule has 0 spiro atoms. The zero-order valence-electron chi connectivity index (χ0n) is 21.9. The van der Waals surface area contributed by atoms with E-state index < -0.39 is 17.2 Å². The van der Waals surface area contributed by atoms with E-state index in [9.17, 15) is 20.1 Å². The Bertz CT molecular complexity index is 1780. The van der Waals surface area contributed by atoms with Crippen LogP contribution >= 0.6 is 0 Å². The number of carbonyl (C=O) groups is 1. The molecule has 0 amide bonds. The van der Waals surface area contributed by atoms with E-state index >= 15 is 0 Å². The lowest BCUT2D eigenvalue weighted by Crippen LogP contribution is -2.19. The molecule has 38 heavy (non-hydrogen) atoms. The monoisotopic (exact) mass is 506 g/mol. The summed E-state index contributed by atoms with van der Waals surface area (Å²) in [6, 6.07) is 22.1. The van der Waals surface area contributed by atoms with Gasteiger partial charge in [0.25, 0.3) is 5.91 Å². The number of carbonyl (C=O) groups excluding carboxylic acids is 1. The van der Waals surface area contributed by atoms with E-state index in [1.165, 1.54) is 10.6 Å². The molecule has 0 bridgehead atoms. The Labute approximate surface area is 220 Å². The molecule has 5 rings (SSSR count). The fraction of sp³-hybridized carbons (Fsp3) is 0.188.